The first-order valence-electron chi connectivity index (χ1n) is 4.90. The Labute approximate surface area is 88.0 Å². The van der Waals surface area contributed by atoms with E-state index < -0.39 is 12.0 Å². The van der Waals surface area contributed by atoms with Crippen LogP contribution in [0.15, 0.2) is 0 Å². The minimum Gasteiger partial charge on any atom is -0.480 e. The number of hydrogen-bond acceptors (Lipinski definition) is 3. The highest BCUT2D eigenvalue weighted by atomic mass is 16.5. The molecule has 1 heterocycles. The lowest BCUT2D eigenvalue weighted by molar-refractivity contribution is -0.135. The molecule has 1 fully saturated rings. The predicted molar refractivity (Wildman–Crippen MR) is 52.6 cm³/mol. The number of urea groups is 1. The molecule has 1 rings (SSSR count). The monoisotopic (exact) mass is 216 g/mol. The average molecular weight is 216 g/mol. The molecule has 1 aliphatic rings. The summed E-state index contributed by atoms with van der Waals surface area (Å²) in [7, 11) is 0. The number of hydrogen-bond donors (Lipinski definition) is 3. The zero-order valence-electron chi connectivity index (χ0n) is 8.82. The lowest BCUT2D eigenvalue weighted by Crippen LogP contribution is -2.46. The normalized spacial score (nSPS) is 29.9. The first kappa shape index (κ1) is 11.8. The quantitative estimate of drug-likeness (QED) is 0.616. The van der Waals surface area contributed by atoms with Crippen molar-refractivity contribution in [2.75, 3.05) is 6.54 Å². The molecule has 3 unspecified atom stereocenters. The minimum atomic E-state index is -1.06. The molecule has 0 spiro atoms. The third-order valence-corrected chi connectivity index (χ3v) is 2.32. The maximum atomic E-state index is 11.2. The Morgan fingerprint density at radius 3 is 2.60 bits per heavy atom. The van der Waals surface area contributed by atoms with E-state index in [1.54, 1.807) is 0 Å². The molecule has 1 aliphatic heterocycles. The minimum absolute atomic E-state index is 0.0319. The number of ether oxygens (including phenoxy) is 1. The lowest BCUT2D eigenvalue weighted by atomic mass is 10.1. The van der Waals surface area contributed by atoms with Crippen molar-refractivity contribution in [2.45, 2.75) is 38.5 Å². The maximum absolute atomic E-state index is 11.2. The van der Waals surface area contributed by atoms with Gasteiger partial charge in [-0.15, -0.1) is 0 Å². The van der Waals surface area contributed by atoms with Gasteiger partial charge in [0.2, 0.25) is 0 Å². The summed E-state index contributed by atoms with van der Waals surface area (Å²) in [5.41, 5.74) is 0. The van der Waals surface area contributed by atoms with Crippen molar-refractivity contribution in [3.63, 3.8) is 0 Å². The summed E-state index contributed by atoms with van der Waals surface area (Å²) in [5, 5.41) is 13.3. The number of aliphatic carboxylic acids is 1. The third kappa shape index (κ3) is 3.75. The summed E-state index contributed by atoms with van der Waals surface area (Å²) < 4.78 is 5.44. The molecule has 0 saturated carbocycles. The molecular formula is C9H16N2O4. The Hall–Kier alpha value is -1.30. The fourth-order valence-electron chi connectivity index (χ4n) is 1.62. The van der Waals surface area contributed by atoms with Gasteiger partial charge in [-0.2, -0.15) is 0 Å². The zero-order valence-corrected chi connectivity index (χ0v) is 8.82. The van der Waals surface area contributed by atoms with Crippen molar-refractivity contribution in [3.05, 3.63) is 0 Å². The smallest absolute Gasteiger partial charge is 0.323 e. The van der Waals surface area contributed by atoms with Gasteiger partial charge in [0.15, 0.2) is 0 Å². The van der Waals surface area contributed by atoms with E-state index in [2.05, 4.69) is 10.6 Å². The van der Waals surface area contributed by atoms with E-state index in [0.717, 1.165) is 6.42 Å². The summed E-state index contributed by atoms with van der Waals surface area (Å²) in [5.74, 6) is -1.06. The van der Waals surface area contributed by atoms with E-state index in [1.165, 1.54) is 0 Å². The van der Waals surface area contributed by atoms with Gasteiger partial charge in [0.1, 0.15) is 6.54 Å². The summed E-state index contributed by atoms with van der Waals surface area (Å²) in [6.45, 7) is 3.45. The standard InChI is InChI=1S/C9H16N2O4/c1-5-3-7(6(2)15-5)11-9(14)10-4-8(12)13/h5-7H,3-4H2,1-2H3,(H,12,13)(H2,10,11,14). The van der Waals surface area contributed by atoms with Gasteiger partial charge in [0, 0.05) is 0 Å². The molecule has 0 bridgehead atoms. The number of carbonyl (C=O) groups is 2. The fourth-order valence-corrected chi connectivity index (χ4v) is 1.62. The van der Waals surface area contributed by atoms with Gasteiger partial charge in [-0.05, 0) is 20.3 Å². The van der Waals surface area contributed by atoms with Crippen LogP contribution >= 0.6 is 0 Å². The van der Waals surface area contributed by atoms with Gasteiger partial charge in [0.05, 0.1) is 18.2 Å². The van der Waals surface area contributed by atoms with Crippen molar-refractivity contribution < 1.29 is 19.4 Å². The highest BCUT2D eigenvalue weighted by Crippen LogP contribution is 2.19. The Balaban J connectivity index is 2.29. The van der Waals surface area contributed by atoms with Crippen LogP contribution in [-0.4, -0.2) is 41.9 Å². The Morgan fingerprint density at radius 2 is 2.13 bits per heavy atom. The van der Waals surface area contributed by atoms with E-state index in [1.807, 2.05) is 13.8 Å². The molecule has 2 amide bonds. The van der Waals surface area contributed by atoms with Crippen LogP contribution in [0.5, 0.6) is 0 Å². The van der Waals surface area contributed by atoms with Crippen molar-refractivity contribution >= 4 is 12.0 Å². The molecule has 6 nitrogen and oxygen atoms in total. The van der Waals surface area contributed by atoms with Crippen LogP contribution in [0.1, 0.15) is 20.3 Å². The molecule has 3 N–H and O–H groups in total. The predicted octanol–water partition coefficient (Wildman–Crippen LogP) is -0.0639. The first-order chi connectivity index (χ1) is 6.99. The molecule has 0 aromatic heterocycles. The van der Waals surface area contributed by atoms with Crippen LogP contribution < -0.4 is 10.6 Å². The van der Waals surface area contributed by atoms with Gasteiger partial charge in [-0.1, -0.05) is 0 Å². The second-order valence-corrected chi connectivity index (χ2v) is 3.71. The number of rotatable bonds is 3. The molecule has 86 valence electrons. The van der Waals surface area contributed by atoms with Crippen molar-refractivity contribution in [1.29, 1.82) is 0 Å². The van der Waals surface area contributed by atoms with Gasteiger partial charge >= 0.3 is 12.0 Å². The van der Waals surface area contributed by atoms with Crippen LogP contribution in [0, 0.1) is 0 Å². The highest BCUT2D eigenvalue weighted by Gasteiger charge is 2.30. The molecule has 0 aromatic rings. The SMILES string of the molecule is CC1CC(NC(=O)NCC(=O)O)C(C)O1. The van der Waals surface area contributed by atoms with Crippen molar-refractivity contribution in [3.8, 4) is 0 Å². The van der Waals surface area contributed by atoms with E-state index in [9.17, 15) is 9.59 Å². The second kappa shape index (κ2) is 4.97. The summed E-state index contributed by atoms with van der Waals surface area (Å²) in [4.78, 5) is 21.4. The molecule has 1 saturated heterocycles. The number of carboxylic acid groups (broad SMARTS) is 1. The largest absolute Gasteiger partial charge is 0.480 e. The van der Waals surface area contributed by atoms with Gasteiger partial charge in [-0.3, -0.25) is 4.79 Å². The first-order valence-corrected chi connectivity index (χ1v) is 4.90. The van der Waals surface area contributed by atoms with Crippen LogP contribution in [0.2, 0.25) is 0 Å². The Morgan fingerprint density at radius 1 is 1.47 bits per heavy atom. The molecule has 15 heavy (non-hydrogen) atoms. The Bertz CT molecular complexity index is 256. The molecule has 0 aromatic carbocycles. The zero-order chi connectivity index (χ0) is 11.4. The lowest BCUT2D eigenvalue weighted by Gasteiger charge is -2.15. The van der Waals surface area contributed by atoms with E-state index in [-0.39, 0.29) is 24.8 Å². The number of amides is 2. The van der Waals surface area contributed by atoms with E-state index >= 15 is 0 Å². The van der Waals surface area contributed by atoms with Gasteiger partial charge < -0.3 is 20.5 Å². The summed E-state index contributed by atoms with van der Waals surface area (Å²) in [6, 6.07) is -0.513. The van der Waals surface area contributed by atoms with E-state index in [4.69, 9.17) is 9.84 Å². The number of nitrogens with one attached hydrogen (secondary N) is 2. The molecular weight excluding hydrogens is 200 g/mol. The van der Waals surface area contributed by atoms with Crippen LogP contribution in [0.4, 0.5) is 4.79 Å². The fraction of sp³-hybridized carbons (Fsp3) is 0.778. The van der Waals surface area contributed by atoms with Crippen LogP contribution in [0.3, 0.4) is 0 Å². The topological polar surface area (TPSA) is 87.7 Å². The average Bonchev–Trinajstić information content (AvgIpc) is 2.42. The van der Waals surface area contributed by atoms with Crippen molar-refractivity contribution in [2.24, 2.45) is 0 Å². The highest BCUT2D eigenvalue weighted by molar-refractivity contribution is 5.80. The van der Waals surface area contributed by atoms with E-state index in [0.29, 0.717) is 0 Å². The molecule has 0 aliphatic carbocycles. The van der Waals surface area contributed by atoms with Crippen LogP contribution in [0.25, 0.3) is 0 Å². The molecule has 0 radical (unpaired) electrons. The maximum Gasteiger partial charge on any atom is 0.323 e. The van der Waals surface area contributed by atoms with Crippen LogP contribution in [-0.2, 0) is 9.53 Å². The van der Waals surface area contributed by atoms with Gasteiger partial charge in [-0.25, -0.2) is 4.79 Å². The summed E-state index contributed by atoms with van der Waals surface area (Å²) in [6.07, 6.45) is 0.849. The van der Waals surface area contributed by atoms with Gasteiger partial charge in [0.25, 0.3) is 0 Å². The third-order valence-electron chi connectivity index (χ3n) is 2.32. The molecule has 3 atom stereocenters. The summed E-state index contributed by atoms with van der Waals surface area (Å²) >= 11 is 0. The number of carboxylic acids is 1. The number of carbonyl (C=O) groups excluding carboxylic acids is 1. The molecule has 6 heteroatoms. The second-order valence-electron chi connectivity index (χ2n) is 3.71. The Kier molecular flexibility index (Phi) is 3.90. The van der Waals surface area contributed by atoms with Crippen molar-refractivity contribution in [1.82, 2.24) is 10.6 Å².